The van der Waals surface area contributed by atoms with Crippen LogP contribution in [-0.4, -0.2) is 4.98 Å². The van der Waals surface area contributed by atoms with E-state index in [-0.39, 0.29) is 0 Å². The second-order valence-corrected chi connectivity index (χ2v) is 4.30. The Hall–Kier alpha value is -2.15. The molecule has 1 heteroatoms. The van der Waals surface area contributed by atoms with Gasteiger partial charge in [-0.1, -0.05) is 55.1 Å². The van der Waals surface area contributed by atoms with Gasteiger partial charge in [0.05, 0.1) is 5.69 Å². The third-order valence-corrected chi connectivity index (χ3v) is 2.84. The molecule has 0 amide bonds. The molecular formula is C17H17N. The van der Waals surface area contributed by atoms with Crippen LogP contribution in [0.3, 0.4) is 0 Å². The van der Waals surface area contributed by atoms with Crippen LogP contribution in [0.5, 0.6) is 0 Å². The lowest BCUT2D eigenvalue weighted by Gasteiger charge is -2.10. The van der Waals surface area contributed by atoms with Crippen LogP contribution in [0, 0.1) is 13.8 Å². The van der Waals surface area contributed by atoms with Gasteiger partial charge in [-0.15, -0.1) is 0 Å². The molecule has 0 N–H and O–H groups in total. The van der Waals surface area contributed by atoms with E-state index in [9.17, 15) is 0 Å². The largest absolute Gasteiger partial charge is 0.252 e. The molecule has 1 nitrogen and oxygen atoms in total. The van der Waals surface area contributed by atoms with Gasteiger partial charge in [-0.25, -0.2) is 0 Å². The van der Waals surface area contributed by atoms with Crippen molar-refractivity contribution in [3.63, 3.8) is 0 Å². The topological polar surface area (TPSA) is 12.9 Å². The molecule has 0 aliphatic rings. The lowest BCUT2D eigenvalue weighted by Crippen LogP contribution is -1.94. The number of benzene rings is 1. The van der Waals surface area contributed by atoms with Crippen molar-refractivity contribution in [1.29, 1.82) is 0 Å². The van der Waals surface area contributed by atoms with Crippen molar-refractivity contribution in [2.75, 3.05) is 0 Å². The molecule has 0 unspecified atom stereocenters. The van der Waals surface area contributed by atoms with E-state index in [0.29, 0.717) is 0 Å². The number of pyridine rings is 1. The molecule has 0 saturated carbocycles. The second kappa shape index (κ2) is 5.46. The molecule has 90 valence electrons. The van der Waals surface area contributed by atoms with Gasteiger partial charge in [-0.3, -0.25) is 4.98 Å². The highest BCUT2D eigenvalue weighted by Crippen LogP contribution is 2.26. The van der Waals surface area contributed by atoms with Crippen molar-refractivity contribution in [2.24, 2.45) is 0 Å². The number of hydrogen-bond donors (Lipinski definition) is 0. The highest BCUT2D eigenvalue weighted by molar-refractivity contribution is 5.74. The third-order valence-electron chi connectivity index (χ3n) is 2.84. The molecule has 0 bridgehead atoms. The van der Waals surface area contributed by atoms with E-state index in [1.165, 1.54) is 5.56 Å². The van der Waals surface area contributed by atoms with Gasteiger partial charge >= 0.3 is 0 Å². The van der Waals surface area contributed by atoms with Gasteiger partial charge in [0, 0.05) is 16.8 Å². The monoisotopic (exact) mass is 235 g/mol. The standard InChI is InChI=1S/C17H17N/c1-4-5-11-16-13(2)12-14(3)18-17(16)15-9-7-6-8-10-15/h4-12H,1H2,2-3H3/b11-5-. The number of rotatable bonds is 3. The molecule has 1 aromatic heterocycles. The van der Waals surface area contributed by atoms with Crippen LogP contribution in [0.15, 0.2) is 55.1 Å². The Morgan fingerprint density at radius 1 is 1.11 bits per heavy atom. The molecule has 1 heterocycles. The minimum atomic E-state index is 1.03. The number of nitrogens with zero attached hydrogens (tertiary/aromatic N) is 1. The Labute approximate surface area is 109 Å². The van der Waals surface area contributed by atoms with Crippen molar-refractivity contribution in [3.8, 4) is 11.3 Å². The van der Waals surface area contributed by atoms with Gasteiger partial charge in [0.15, 0.2) is 0 Å². The molecule has 2 rings (SSSR count). The first-order chi connectivity index (χ1) is 8.72. The highest BCUT2D eigenvalue weighted by Gasteiger charge is 2.07. The quantitative estimate of drug-likeness (QED) is 0.710. The van der Waals surface area contributed by atoms with Crippen molar-refractivity contribution < 1.29 is 0 Å². The van der Waals surface area contributed by atoms with Crippen molar-refractivity contribution in [2.45, 2.75) is 13.8 Å². The lowest BCUT2D eigenvalue weighted by molar-refractivity contribution is 1.17. The fourth-order valence-corrected chi connectivity index (χ4v) is 2.04. The van der Waals surface area contributed by atoms with Gasteiger partial charge in [0.1, 0.15) is 0 Å². The van der Waals surface area contributed by atoms with E-state index in [2.05, 4.69) is 42.8 Å². The van der Waals surface area contributed by atoms with Crippen LogP contribution in [-0.2, 0) is 0 Å². The van der Waals surface area contributed by atoms with E-state index in [0.717, 1.165) is 22.5 Å². The summed E-state index contributed by atoms with van der Waals surface area (Å²) >= 11 is 0. The maximum Gasteiger partial charge on any atom is 0.0780 e. The van der Waals surface area contributed by atoms with Gasteiger partial charge < -0.3 is 0 Å². The molecule has 0 aliphatic carbocycles. The van der Waals surface area contributed by atoms with Crippen LogP contribution in [0.25, 0.3) is 17.3 Å². The van der Waals surface area contributed by atoms with Crippen LogP contribution in [0.2, 0.25) is 0 Å². The van der Waals surface area contributed by atoms with Gasteiger partial charge in [0.25, 0.3) is 0 Å². The Bertz CT molecular complexity index is 580. The molecule has 2 aromatic rings. The summed E-state index contributed by atoms with van der Waals surface area (Å²) in [6.07, 6.45) is 5.80. The summed E-state index contributed by atoms with van der Waals surface area (Å²) in [6.45, 7) is 7.86. The first-order valence-electron chi connectivity index (χ1n) is 6.05. The maximum absolute atomic E-state index is 4.67. The van der Waals surface area contributed by atoms with E-state index < -0.39 is 0 Å². The summed E-state index contributed by atoms with van der Waals surface area (Å²) in [4.78, 5) is 4.67. The Morgan fingerprint density at radius 3 is 2.50 bits per heavy atom. The molecule has 1 aromatic carbocycles. The predicted octanol–water partition coefficient (Wildman–Crippen LogP) is 4.56. The number of allylic oxidation sites excluding steroid dienone is 2. The van der Waals surface area contributed by atoms with E-state index in [1.807, 2.05) is 31.2 Å². The first kappa shape index (κ1) is 12.3. The SMILES string of the molecule is C=C/C=C\c1c(C)cc(C)nc1-c1ccccc1. The average molecular weight is 235 g/mol. The Morgan fingerprint density at radius 2 is 1.83 bits per heavy atom. The normalized spacial score (nSPS) is 10.8. The molecule has 18 heavy (non-hydrogen) atoms. The van der Waals surface area contributed by atoms with Crippen molar-refractivity contribution in [1.82, 2.24) is 4.98 Å². The van der Waals surface area contributed by atoms with Gasteiger partial charge in [-0.05, 0) is 25.5 Å². The number of hydrogen-bond acceptors (Lipinski definition) is 1. The zero-order valence-corrected chi connectivity index (χ0v) is 10.9. The van der Waals surface area contributed by atoms with Gasteiger partial charge in [0.2, 0.25) is 0 Å². The first-order valence-corrected chi connectivity index (χ1v) is 6.05. The van der Waals surface area contributed by atoms with E-state index >= 15 is 0 Å². The van der Waals surface area contributed by atoms with Crippen LogP contribution >= 0.6 is 0 Å². The average Bonchev–Trinajstić information content (AvgIpc) is 2.38. The summed E-state index contributed by atoms with van der Waals surface area (Å²) < 4.78 is 0. The third kappa shape index (κ3) is 2.57. The summed E-state index contributed by atoms with van der Waals surface area (Å²) in [6, 6.07) is 12.4. The molecule has 0 saturated heterocycles. The zero-order valence-electron chi connectivity index (χ0n) is 10.9. The van der Waals surface area contributed by atoms with E-state index in [4.69, 9.17) is 0 Å². The summed E-state index contributed by atoms with van der Waals surface area (Å²) in [5.74, 6) is 0. The van der Waals surface area contributed by atoms with Crippen molar-refractivity contribution >= 4 is 6.08 Å². The molecule has 0 radical (unpaired) electrons. The molecule has 0 atom stereocenters. The second-order valence-electron chi connectivity index (χ2n) is 4.30. The molecule has 0 spiro atoms. The minimum absolute atomic E-state index is 1.03. The minimum Gasteiger partial charge on any atom is -0.252 e. The number of aryl methyl sites for hydroxylation is 2. The van der Waals surface area contributed by atoms with Crippen LogP contribution in [0.4, 0.5) is 0 Å². The molecule has 0 aliphatic heterocycles. The fraction of sp³-hybridized carbons (Fsp3) is 0.118. The molecule has 0 fully saturated rings. The number of aromatic nitrogens is 1. The van der Waals surface area contributed by atoms with E-state index in [1.54, 1.807) is 6.08 Å². The maximum atomic E-state index is 4.67. The summed E-state index contributed by atoms with van der Waals surface area (Å²) in [5, 5.41) is 0. The fourth-order valence-electron chi connectivity index (χ4n) is 2.04. The lowest BCUT2D eigenvalue weighted by atomic mass is 10.0. The zero-order chi connectivity index (χ0) is 13.0. The smallest absolute Gasteiger partial charge is 0.0780 e. The van der Waals surface area contributed by atoms with Crippen molar-refractivity contribution in [3.05, 3.63) is 72.0 Å². The Kier molecular flexibility index (Phi) is 3.73. The predicted molar refractivity (Wildman–Crippen MR) is 78.4 cm³/mol. The van der Waals surface area contributed by atoms with Crippen LogP contribution in [0.1, 0.15) is 16.8 Å². The van der Waals surface area contributed by atoms with Crippen LogP contribution < -0.4 is 0 Å². The molecular weight excluding hydrogens is 218 g/mol. The highest BCUT2D eigenvalue weighted by atomic mass is 14.7. The van der Waals surface area contributed by atoms with Gasteiger partial charge in [-0.2, -0.15) is 0 Å². The Balaban J connectivity index is 2.64. The summed E-state index contributed by atoms with van der Waals surface area (Å²) in [5.41, 5.74) is 5.62. The summed E-state index contributed by atoms with van der Waals surface area (Å²) in [7, 11) is 0.